The van der Waals surface area contributed by atoms with Crippen LogP contribution in [0.2, 0.25) is 0 Å². The zero-order valence-corrected chi connectivity index (χ0v) is 36.0. The van der Waals surface area contributed by atoms with Crippen LogP contribution in [0.3, 0.4) is 0 Å². The van der Waals surface area contributed by atoms with Gasteiger partial charge in [-0.2, -0.15) is 0 Å². The molecule has 0 aromatic heterocycles. The van der Waals surface area contributed by atoms with Gasteiger partial charge in [0.05, 0.1) is 12.8 Å². The van der Waals surface area contributed by atoms with E-state index < -0.39 is 0 Å². The second-order valence-corrected chi connectivity index (χ2v) is 18.6. The molecule has 0 saturated heterocycles. The topological polar surface area (TPSA) is 135 Å². The van der Waals surface area contributed by atoms with Crippen LogP contribution in [0.15, 0.2) is 60.7 Å². The number of hydrogen-bond acceptors (Lipinski definition) is 8. The fourth-order valence-electron chi connectivity index (χ4n) is 7.83. The first-order valence-electron chi connectivity index (χ1n) is 20.7. The Labute approximate surface area is 338 Å². The number of rotatable bonds is 29. The normalized spacial score (nSPS) is 12.2. The monoisotopic (exact) mass is 779 g/mol. The summed E-state index contributed by atoms with van der Waals surface area (Å²) in [6.07, 6.45) is 6.78. The lowest BCUT2D eigenvalue weighted by atomic mass is 9.71. The van der Waals surface area contributed by atoms with Gasteiger partial charge in [0.25, 0.3) is 0 Å². The van der Waals surface area contributed by atoms with Gasteiger partial charge in [0.1, 0.15) is 13.2 Å². The molecular weight excluding hydrogens is 705 g/mol. The number of carbonyl (C=O) groups excluding carboxylic acids is 4. The fraction of sp³-hybridized carbons (Fsp3) is 0.652. The molecule has 0 radical (unpaired) electrons. The maximum absolute atomic E-state index is 12.7. The summed E-state index contributed by atoms with van der Waals surface area (Å²) in [5, 5.41) is 13.0. The van der Waals surface area contributed by atoms with Crippen molar-refractivity contribution in [3.8, 4) is 0 Å². The van der Waals surface area contributed by atoms with Gasteiger partial charge in [-0.1, -0.05) is 116 Å². The lowest BCUT2D eigenvalue weighted by Crippen LogP contribution is -2.34. The summed E-state index contributed by atoms with van der Waals surface area (Å²) in [5.41, 5.74) is 0.890. The van der Waals surface area contributed by atoms with Crippen molar-refractivity contribution in [2.24, 2.45) is 21.7 Å². The van der Waals surface area contributed by atoms with Crippen molar-refractivity contribution >= 4 is 23.8 Å². The van der Waals surface area contributed by atoms with E-state index in [9.17, 15) is 19.2 Å². The van der Waals surface area contributed by atoms with Crippen LogP contribution in [-0.2, 0) is 41.9 Å². The minimum absolute atomic E-state index is 0.0434. The van der Waals surface area contributed by atoms with E-state index in [0.29, 0.717) is 38.8 Å². The van der Waals surface area contributed by atoms with Gasteiger partial charge in [-0.3, -0.25) is 19.2 Å². The molecule has 2 amide bonds. The van der Waals surface area contributed by atoms with Crippen LogP contribution in [-0.4, -0.2) is 63.0 Å². The highest BCUT2D eigenvalue weighted by molar-refractivity contribution is 5.77. The second-order valence-electron chi connectivity index (χ2n) is 18.6. The number of benzene rings is 2. The Morgan fingerprint density at radius 2 is 0.768 bits per heavy atom. The molecule has 56 heavy (non-hydrogen) atoms. The second kappa shape index (κ2) is 24.8. The van der Waals surface area contributed by atoms with Gasteiger partial charge >= 0.3 is 11.9 Å². The molecule has 10 nitrogen and oxygen atoms in total. The molecule has 2 aromatic rings. The Kier molecular flexibility index (Phi) is 21.4. The summed E-state index contributed by atoms with van der Waals surface area (Å²) >= 11 is 0. The number of nitrogens with one attached hydrogen (secondary N) is 4. The van der Waals surface area contributed by atoms with Gasteiger partial charge < -0.3 is 30.7 Å². The number of ether oxygens (including phenoxy) is 2. The van der Waals surface area contributed by atoms with Crippen LogP contribution < -0.4 is 21.3 Å². The summed E-state index contributed by atoms with van der Waals surface area (Å²) in [5.74, 6) is -0.345. The zero-order chi connectivity index (χ0) is 41.5. The third-order valence-electron chi connectivity index (χ3n) is 9.59. The van der Waals surface area contributed by atoms with Crippen molar-refractivity contribution in [1.29, 1.82) is 0 Å². The van der Waals surface area contributed by atoms with Crippen molar-refractivity contribution in [3.05, 3.63) is 71.8 Å². The van der Waals surface area contributed by atoms with Crippen molar-refractivity contribution in [3.63, 3.8) is 0 Å². The average Bonchev–Trinajstić information content (AvgIpc) is 3.09. The Bertz CT molecular complexity index is 1330. The van der Waals surface area contributed by atoms with E-state index >= 15 is 0 Å². The number of amides is 2. The Morgan fingerprint density at radius 3 is 1.12 bits per heavy atom. The maximum atomic E-state index is 12.7. The highest BCUT2D eigenvalue weighted by atomic mass is 16.5. The predicted molar refractivity (Wildman–Crippen MR) is 226 cm³/mol. The molecule has 0 heterocycles. The van der Waals surface area contributed by atoms with E-state index in [4.69, 9.17) is 9.47 Å². The van der Waals surface area contributed by atoms with Crippen molar-refractivity contribution in [2.75, 3.05) is 39.3 Å². The highest BCUT2D eigenvalue weighted by Gasteiger charge is 2.34. The summed E-state index contributed by atoms with van der Waals surface area (Å²) in [7, 11) is 0. The Hall–Kier alpha value is -3.76. The first-order chi connectivity index (χ1) is 26.4. The molecular formula is C46H74N4O6. The molecule has 2 rings (SSSR count). The maximum Gasteiger partial charge on any atom is 0.306 e. The van der Waals surface area contributed by atoms with Gasteiger partial charge in [-0.05, 0) is 97.5 Å². The van der Waals surface area contributed by atoms with E-state index in [1.165, 1.54) is 0 Å². The van der Waals surface area contributed by atoms with Gasteiger partial charge in [0.15, 0.2) is 0 Å². The molecule has 314 valence electrons. The number of unbranched alkanes of at least 4 members (excludes halogenated alkanes) is 1. The van der Waals surface area contributed by atoms with Crippen LogP contribution in [0.5, 0.6) is 0 Å². The first-order valence-corrected chi connectivity index (χ1v) is 20.7. The van der Waals surface area contributed by atoms with E-state index in [0.717, 1.165) is 75.8 Å². The molecule has 2 aromatic carbocycles. The molecule has 10 heteroatoms. The highest BCUT2D eigenvalue weighted by Crippen LogP contribution is 2.39. The van der Waals surface area contributed by atoms with Crippen LogP contribution >= 0.6 is 0 Å². The molecule has 0 saturated carbocycles. The van der Waals surface area contributed by atoms with Gasteiger partial charge in [-0.25, -0.2) is 0 Å². The molecule has 0 bridgehead atoms. The van der Waals surface area contributed by atoms with E-state index in [1.54, 1.807) is 0 Å². The van der Waals surface area contributed by atoms with Crippen LogP contribution in [0.4, 0.5) is 0 Å². The number of carbonyl (C=O) groups is 4. The minimum atomic E-state index is -0.282. The third kappa shape index (κ3) is 24.0. The largest absolute Gasteiger partial charge is 0.461 e. The molecule has 0 aliphatic heterocycles. The van der Waals surface area contributed by atoms with Gasteiger partial charge in [0, 0.05) is 25.9 Å². The van der Waals surface area contributed by atoms with Crippen molar-refractivity contribution in [2.45, 2.75) is 133 Å². The van der Waals surface area contributed by atoms with E-state index in [2.05, 4.69) is 76.7 Å². The summed E-state index contributed by atoms with van der Waals surface area (Å²) in [6.45, 7) is 22.0. The molecule has 4 N–H and O–H groups in total. The Balaban J connectivity index is 1.44. The first kappa shape index (κ1) is 48.4. The molecule has 0 aliphatic rings. The summed E-state index contributed by atoms with van der Waals surface area (Å²) in [6, 6.07) is 19.4. The number of hydrogen-bond donors (Lipinski definition) is 4. The number of esters is 2. The average molecular weight is 779 g/mol. The SMILES string of the molecule is CC(C)(CC(=O)NCCCNCCCCNCCCNC(=O)CC(C)(C)CC(C)(C)CC(=O)OCc1ccccc1)CC(C)(C)CC(=O)OCc1ccccc1. The molecule has 0 aliphatic carbocycles. The molecule has 0 spiro atoms. The standard InChI is InChI=1S/C46H74N4O6/c1-43(2,35-45(5,6)31-41(53)55-33-37-19-11-9-12-20-37)29-39(51)49-27-17-25-47-23-15-16-24-48-26-18-28-50-40(52)30-44(3,4)36-46(7,8)32-42(54)56-34-38-21-13-10-14-22-38/h9-14,19-22,47-48H,15-18,23-36H2,1-8H3,(H,49,51)(H,50,52). The predicted octanol–water partition coefficient (Wildman–Crippen LogP) is 7.89. The van der Waals surface area contributed by atoms with Crippen molar-refractivity contribution in [1.82, 2.24) is 21.3 Å². The smallest absolute Gasteiger partial charge is 0.306 e. The minimum Gasteiger partial charge on any atom is -0.461 e. The van der Waals surface area contributed by atoms with E-state index in [-0.39, 0.29) is 58.6 Å². The van der Waals surface area contributed by atoms with E-state index in [1.807, 2.05) is 60.7 Å². The van der Waals surface area contributed by atoms with Gasteiger partial charge in [-0.15, -0.1) is 0 Å². The molecule has 0 unspecified atom stereocenters. The summed E-state index contributed by atoms with van der Waals surface area (Å²) in [4.78, 5) is 50.3. The van der Waals surface area contributed by atoms with Crippen molar-refractivity contribution < 1.29 is 28.7 Å². The molecule has 0 fully saturated rings. The van der Waals surface area contributed by atoms with Gasteiger partial charge in [0.2, 0.25) is 11.8 Å². The van der Waals surface area contributed by atoms with Crippen LogP contribution in [0.25, 0.3) is 0 Å². The fourth-order valence-corrected chi connectivity index (χ4v) is 7.83. The lowest BCUT2D eigenvalue weighted by Gasteiger charge is -2.34. The van der Waals surface area contributed by atoms with Crippen LogP contribution in [0.1, 0.15) is 131 Å². The van der Waals surface area contributed by atoms with Crippen LogP contribution in [0, 0.1) is 21.7 Å². The zero-order valence-electron chi connectivity index (χ0n) is 36.0. The summed E-state index contributed by atoms with van der Waals surface area (Å²) < 4.78 is 11.0. The Morgan fingerprint density at radius 1 is 0.446 bits per heavy atom. The third-order valence-corrected chi connectivity index (χ3v) is 9.59. The quantitative estimate of drug-likeness (QED) is 0.0484. The molecule has 0 atom stereocenters. The lowest BCUT2D eigenvalue weighted by molar-refractivity contribution is -0.148.